The number of alkyl halides is 1. The molecule has 0 saturated carbocycles. The Bertz CT molecular complexity index is 286. The predicted molar refractivity (Wildman–Crippen MR) is 76.8 cm³/mol. The molecule has 0 aliphatic carbocycles. The van der Waals surface area contributed by atoms with E-state index in [-0.39, 0.29) is 0 Å². The smallest absolute Gasteiger partial charge is 0.0225 e. The summed E-state index contributed by atoms with van der Waals surface area (Å²) >= 11 is 5.74. The third kappa shape index (κ3) is 6.70. The average molecular weight is 254 g/mol. The van der Waals surface area contributed by atoms with Gasteiger partial charge in [0.1, 0.15) is 0 Å². The molecule has 0 aromatic heterocycles. The van der Waals surface area contributed by atoms with Crippen LogP contribution >= 0.6 is 11.6 Å². The molecule has 0 amide bonds. The Morgan fingerprint density at radius 1 is 1.12 bits per heavy atom. The van der Waals surface area contributed by atoms with Crippen LogP contribution in [0, 0.1) is 5.92 Å². The second-order valence-electron chi connectivity index (χ2n) is 4.91. The van der Waals surface area contributed by atoms with Crippen molar-refractivity contribution in [3.8, 4) is 0 Å². The second-order valence-corrected chi connectivity index (χ2v) is 5.29. The Morgan fingerprint density at radius 2 is 1.82 bits per heavy atom. The minimum Gasteiger partial charge on any atom is -0.306 e. The fourth-order valence-corrected chi connectivity index (χ4v) is 2.22. The summed E-state index contributed by atoms with van der Waals surface area (Å²) in [6, 6.07) is 10.7. The van der Waals surface area contributed by atoms with E-state index in [1.807, 2.05) is 0 Å². The number of likely N-dealkylation sites (N-methyl/N-ethyl adjacent to an activating group) is 1. The highest BCUT2D eigenvalue weighted by molar-refractivity contribution is 6.17. The van der Waals surface area contributed by atoms with E-state index in [2.05, 4.69) is 49.2 Å². The van der Waals surface area contributed by atoms with Crippen LogP contribution in [-0.2, 0) is 6.42 Å². The monoisotopic (exact) mass is 253 g/mol. The summed E-state index contributed by atoms with van der Waals surface area (Å²) in [5, 5.41) is 0. The molecule has 0 radical (unpaired) electrons. The molecule has 0 heterocycles. The topological polar surface area (TPSA) is 3.24 Å². The minimum atomic E-state index is 0.742. The first-order chi connectivity index (χ1) is 8.22. The van der Waals surface area contributed by atoms with Crippen molar-refractivity contribution in [3.05, 3.63) is 35.9 Å². The molecule has 0 spiro atoms. The van der Waals surface area contributed by atoms with Crippen LogP contribution in [0.25, 0.3) is 0 Å². The summed E-state index contributed by atoms with van der Waals surface area (Å²) in [5.74, 6) is 1.53. The van der Waals surface area contributed by atoms with Gasteiger partial charge in [-0.2, -0.15) is 0 Å². The van der Waals surface area contributed by atoms with E-state index in [0.717, 1.165) is 31.2 Å². The fraction of sp³-hybridized carbons (Fsp3) is 0.600. The molecular formula is C15H24ClN. The minimum absolute atomic E-state index is 0.742. The molecule has 1 aromatic rings. The van der Waals surface area contributed by atoms with Crippen molar-refractivity contribution in [2.45, 2.75) is 26.2 Å². The number of halogens is 1. The first kappa shape index (κ1) is 14.5. The van der Waals surface area contributed by atoms with Gasteiger partial charge in [-0.05, 0) is 44.3 Å². The lowest BCUT2D eigenvalue weighted by atomic mass is 10.0. The van der Waals surface area contributed by atoms with Gasteiger partial charge in [-0.15, -0.1) is 11.6 Å². The Hall–Kier alpha value is -0.530. The standard InChI is InChI=1S/C15H24ClN/c1-14(8-11-16)9-12-17(2)13-10-15-6-4-3-5-7-15/h3-7,14H,8-13H2,1-2H3. The van der Waals surface area contributed by atoms with Gasteiger partial charge in [0.05, 0.1) is 0 Å². The average Bonchev–Trinajstić information content (AvgIpc) is 2.35. The van der Waals surface area contributed by atoms with E-state index in [1.54, 1.807) is 0 Å². The van der Waals surface area contributed by atoms with Crippen molar-refractivity contribution < 1.29 is 0 Å². The first-order valence-electron chi connectivity index (χ1n) is 6.51. The molecule has 0 N–H and O–H groups in total. The summed E-state index contributed by atoms with van der Waals surface area (Å²) in [6.07, 6.45) is 3.52. The highest BCUT2D eigenvalue weighted by Crippen LogP contribution is 2.09. The molecule has 1 nitrogen and oxygen atoms in total. The first-order valence-corrected chi connectivity index (χ1v) is 7.04. The highest BCUT2D eigenvalue weighted by Gasteiger charge is 2.04. The zero-order valence-corrected chi connectivity index (χ0v) is 11.8. The molecule has 0 bridgehead atoms. The normalized spacial score (nSPS) is 12.9. The highest BCUT2D eigenvalue weighted by atomic mass is 35.5. The third-order valence-electron chi connectivity index (χ3n) is 3.23. The van der Waals surface area contributed by atoms with E-state index in [4.69, 9.17) is 11.6 Å². The van der Waals surface area contributed by atoms with Gasteiger partial charge >= 0.3 is 0 Å². The molecule has 0 aliphatic rings. The summed E-state index contributed by atoms with van der Waals surface area (Å²) in [6.45, 7) is 4.59. The van der Waals surface area contributed by atoms with Crippen LogP contribution in [0.1, 0.15) is 25.3 Å². The number of benzene rings is 1. The van der Waals surface area contributed by atoms with Crippen LogP contribution in [0.2, 0.25) is 0 Å². The SMILES string of the molecule is CC(CCCl)CCN(C)CCc1ccccc1. The Balaban J connectivity index is 2.15. The second kappa shape index (κ2) is 8.54. The van der Waals surface area contributed by atoms with Crippen molar-refractivity contribution in [1.82, 2.24) is 4.90 Å². The maximum Gasteiger partial charge on any atom is 0.0225 e. The van der Waals surface area contributed by atoms with Gasteiger partial charge in [-0.25, -0.2) is 0 Å². The van der Waals surface area contributed by atoms with Crippen molar-refractivity contribution >= 4 is 11.6 Å². The predicted octanol–water partition coefficient (Wildman–Crippen LogP) is 3.82. The van der Waals surface area contributed by atoms with Gasteiger partial charge in [0.25, 0.3) is 0 Å². The molecule has 1 aromatic carbocycles. The van der Waals surface area contributed by atoms with Crippen molar-refractivity contribution in [2.24, 2.45) is 5.92 Å². The maximum absolute atomic E-state index is 5.74. The van der Waals surface area contributed by atoms with Gasteiger partial charge < -0.3 is 4.90 Å². The molecule has 1 unspecified atom stereocenters. The quantitative estimate of drug-likeness (QED) is 0.637. The van der Waals surface area contributed by atoms with Crippen LogP contribution in [0.4, 0.5) is 0 Å². The lowest BCUT2D eigenvalue weighted by Gasteiger charge is -2.18. The molecule has 2 heteroatoms. The van der Waals surface area contributed by atoms with Gasteiger partial charge in [0.15, 0.2) is 0 Å². The lowest BCUT2D eigenvalue weighted by molar-refractivity contribution is 0.306. The van der Waals surface area contributed by atoms with E-state index >= 15 is 0 Å². The summed E-state index contributed by atoms with van der Waals surface area (Å²) in [7, 11) is 2.20. The van der Waals surface area contributed by atoms with Crippen molar-refractivity contribution in [3.63, 3.8) is 0 Å². The molecule has 0 saturated heterocycles. The lowest BCUT2D eigenvalue weighted by Crippen LogP contribution is -2.23. The Morgan fingerprint density at radius 3 is 2.47 bits per heavy atom. The van der Waals surface area contributed by atoms with Gasteiger partial charge in [0.2, 0.25) is 0 Å². The molecule has 0 fully saturated rings. The number of rotatable bonds is 8. The molecule has 1 atom stereocenters. The van der Waals surface area contributed by atoms with E-state index in [0.29, 0.717) is 0 Å². The van der Waals surface area contributed by atoms with Crippen LogP contribution < -0.4 is 0 Å². The molecule has 0 aliphatic heterocycles. The Kier molecular flexibility index (Phi) is 7.30. The molecule has 1 rings (SSSR count). The van der Waals surface area contributed by atoms with Crippen LogP contribution in [-0.4, -0.2) is 30.9 Å². The fourth-order valence-electron chi connectivity index (χ4n) is 1.85. The van der Waals surface area contributed by atoms with Gasteiger partial charge in [0, 0.05) is 12.4 Å². The van der Waals surface area contributed by atoms with E-state index in [1.165, 1.54) is 18.5 Å². The zero-order valence-electron chi connectivity index (χ0n) is 11.0. The zero-order chi connectivity index (χ0) is 12.5. The van der Waals surface area contributed by atoms with E-state index < -0.39 is 0 Å². The molecular weight excluding hydrogens is 230 g/mol. The molecule has 17 heavy (non-hydrogen) atoms. The largest absolute Gasteiger partial charge is 0.306 e. The third-order valence-corrected chi connectivity index (χ3v) is 3.45. The Labute approximate surface area is 111 Å². The van der Waals surface area contributed by atoms with E-state index in [9.17, 15) is 0 Å². The summed E-state index contributed by atoms with van der Waals surface area (Å²) in [4.78, 5) is 2.41. The van der Waals surface area contributed by atoms with Gasteiger partial charge in [-0.1, -0.05) is 37.3 Å². The maximum atomic E-state index is 5.74. The van der Waals surface area contributed by atoms with Crippen molar-refractivity contribution in [1.29, 1.82) is 0 Å². The van der Waals surface area contributed by atoms with Crippen LogP contribution in [0.3, 0.4) is 0 Å². The molecule has 96 valence electrons. The number of hydrogen-bond donors (Lipinski definition) is 0. The van der Waals surface area contributed by atoms with Crippen LogP contribution in [0.15, 0.2) is 30.3 Å². The summed E-state index contributed by atoms with van der Waals surface area (Å²) in [5.41, 5.74) is 1.42. The van der Waals surface area contributed by atoms with Crippen LogP contribution in [0.5, 0.6) is 0 Å². The number of nitrogens with zero attached hydrogens (tertiary/aromatic N) is 1. The van der Waals surface area contributed by atoms with Crippen molar-refractivity contribution in [2.75, 3.05) is 26.0 Å². The van der Waals surface area contributed by atoms with Gasteiger partial charge in [-0.3, -0.25) is 0 Å². The summed E-state index contributed by atoms with van der Waals surface area (Å²) < 4.78 is 0. The number of hydrogen-bond acceptors (Lipinski definition) is 1.